The third-order valence-electron chi connectivity index (χ3n) is 4.72. The van der Waals surface area contributed by atoms with E-state index < -0.39 is 0 Å². The molecule has 0 unspecified atom stereocenters. The van der Waals surface area contributed by atoms with Crippen LogP contribution in [0.4, 0.5) is 5.95 Å². The van der Waals surface area contributed by atoms with Gasteiger partial charge in [0.15, 0.2) is 0 Å². The van der Waals surface area contributed by atoms with E-state index >= 15 is 0 Å². The maximum absolute atomic E-state index is 6.05. The summed E-state index contributed by atoms with van der Waals surface area (Å²) >= 11 is 11.1. The number of benzene rings is 1. The predicted molar refractivity (Wildman–Crippen MR) is 108 cm³/mol. The van der Waals surface area contributed by atoms with Gasteiger partial charge in [-0.25, -0.2) is 4.98 Å². The maximum Gasteiger partial charge on any atom is 0.206 e. The van der Waals surface area contributed by atoms with Crippen LogP contribution in [0, 0.1) is 0 Å². The monoisotopic (exact) mass is 526 g/mol. The molecule has 0 atom stereocenters. The van der Waals surface area contributed by atoms with Crippen molar-refractivity contribution in [3.8, 4) is 0 Å². The summed E-state index contributed by atoms with van der Waals surface area (Å²) < 4.78 is 5.65. The number of aromatic nitrogens is 2. The molecule has 3 heterocycles. The first kappa shape index (κ1) is 18.0. The minimum absolute atomic E-state index is 0. The molecule has 2 aliphatic rings. The second-order valence-electron chi connectivity index (χ2n) is 6.11. The van der Waals surface area contributed by atoms with Crippen molar-refractivity contribution < 1.29 is 0 Å². The Labute approximate surface area is 167 Å². The van der Waals surface area contributed by atoms with Crippen LogP contribution in [-0.2, 0) is 13.0 Å². The first-order valence-electron chi connectivity index (χ1n) is 7.64. The standard InChI is InChI=1S/C15H17Br3N4.ClH/c16-10-9-2-1-5-22-14(9)13(12(18)11(10)17)20-15(22)21-6-3-8(19)4-7-21;/h8H,1-7,19H2;1H. The number of nitrogens with two attached hydrogens (primary N) is 1. The zero-order valence-corrected chi connectivity index (χ0v) is 18.1. The van der Waals surface area contributed by atoms with Gasteiger partial charge in [-0.2, -0.15) is 0 Å². The third-order valence-corrected chi connectivity index (χ3v) is 8.23. The third kappa shape index (κ3) is 2.86. The summed E-state index contributed by atoms with van der Waals surface area (Å²) in [6, 6.07) is 0.340. The fraction of sp³-hybridized carbons (Fsp3) is 0.533. The van der Waals surface area contributed by atoms with E-state index in [1.165, 1.54) is 11.1 Å². The average Bonchev–Trinajstić information content (AvgIpc) is 2.92. The molecule has 0 bridgehead atoms. The van der Waals surface area contributed by atoms with E-state index in [0.717, 1.165) is 70.2 Å². The van der Waals surface area contributed by atoms with Crippen LogP contribution < -0.4 is 10.6 Å². The van der Waals surface area contributed by atoms with Gasteiger partial charge >= 0.3 is 0 Å². The fourth-order valence-electron chi connectivity index (χ4n) is 3.53. The minimum Gasteiger partial charge on any atom is -0.342 e. The largest absolute Gasteiger partial charge is 0.342 e. The van der Waals surface area contributed by atoms with E-state index in [9.17, 15) is 0 Å². The van der Waals surface area contributed by atoms with Crippen molar-refractivity contribution in [2.24, 2.45) is 5.73 Å². The van der Waals surface area contributed by atoms with Gasteiger partial charge < -0.3 is 15.2 Å². The predicted octanol–water partition coefficient (Wildman–Crippen LogP) is 4.62. The molecular formula is C15H18Br3ClN4. The Morgan fingerprint density at radius 1 is 1.00 bits per heavy atom. The number of nitrogens with zero attached hydrogens (tertiary/aromatic N) is 3. The molecule has 4 nitrogen and oxygen atoms in total. The van der Waals surface area contributed by atoms with Crippen LogP contribution in [0.3, 0.4) is 0 Å². The Hall–Kier alpha value is 0.180. The molecule has 1 aromatic carbocycles. The first-order chi connectivity index (χ1) is 10.6. The lowest BCUT2D eigenvalue weighted by Gasteiger charge is -2.32. The number of hydrogen-bond acceptors (Lipinski definition) is 3. The smallest absolute Gasteiger partial charge is 0.206 e. The summed E-state index contributed by atoms with van der Waals surface area (Å²) in [6.07, 6.45) is 4.35. The van der Waals surface area contributed by atoms with E-state index in [4.69, 9.17) is 10.7 Å². The molecule has 1 saturated heterocycles. The second-order valence-corrected chi connectivity index (χ2v) is 8.49. The first-order valence-corrected chi connectivity index (χ1v) is 10.0. The lowest BCUT2D eigenvalue weighted by Crippen LogP contribution is -2.41. The van der Waals surface area contributed by atoms with Crippen LogP contribution in [0.2, 0.25) is 0 Å². The minimum atomic E-state index is 0. The van der Waals surface area contributed by atoms with Crippen molar-refractivity contribution in [3.63, 3.8) is 0 Å². The van der Waals surface area contributed by atoms with Gasteiger partial charge in [-0.15, -0.1) is 12.4 Å². The van der Waals surface area contributed by atoms with E-state index in [-0.39, 0.29) is 12.4 Å². The highest BCUT2D eigenvalue weighted by Gasteiger charge is 2.28. The van der Waals surface area contributed by atoms with Gasteiger partial charge in [0.25, 0.3) is 0 Å². The highest BCUT2D eigenvalue weighted by molar-refractivity contribution is 9.14. The van der Waals surface area contributed by atoms with E-state index in [0.29, 0.717) is 6.04 Å². The van der Waals surface area contributed by atoms with Gasteiger partial charge in [0, 0.05) is 34.6 Å². The van der Waals surface area contributed by atoms with Crippen LogP contribution in [0.5, 0.6) is 0 Å². The molecule has 1 fully saturated rings. The Balaban J connectivity index is 0.00000156. The van der Waals surface area contributed by atoms with Crippen molar-refractivity contribution in [1.82, 2.24) is 9.55 Å². The fourth-order valence-corrected chi connectivity index (χ4v) is 5.28. The van der Waals surface area contributed by atoms with Crippen molar-refractivity contribution in [2.75, 3.05) is 18.0 Å². The van der Waals surface area contributed by atoms with Crippen LogP contribution in [-0.4, -0.2) is 28.7 Å². The van der Waals surface area contributed by atoms with Crippen molar-refractivity contribution in [2.45, 2.75) is 38.3 Å². The topological polar surface area (TPSA) is 47.1 Å². The van der Waals surface area contributed by atoms with E-state index in [2.05, 4.69) is 57.3 Å². The zero-order chi connectivity index (χ0) is 15.4. The summed E-state index contributed by atoms with van der Waals surface area (Å²) in [5.41, 5.74) is 9.75. The summed E-state index contributed by atoms with van der Waals surface area (Å²) in [5, 5.41) is 0. The Kier molecular flexibility index (Phi) is 5.34. The van der Waals surface area contributed by atoms with E-state index in [1.807, 2.05) is 0 Å². The number of piperidine rings is 1. The van der Waals surface area contributed by atoms with Gasteiger partial charge in [0.2, 0.25) is 5.95 Å². The highest BCUT2D eigenvalue weighted by atomic mass is 79.9. The molecule has 0 radical (unpaired) electrons. The van der Waals surface area contributed by atoms with Gasteiger partial charge in [-0.1, -0.05) is 0 Å². The molecule has 2 N–H and O–H groups in total. The molecule has 0 amide bonds. The number of halogens is 4. The van der Waals surface area contributed by atoms with Crippen LogP contribution >= 0.6 is 60.2 Å². The van der Waals surface area contributed by atoms with Crippen LogP contribution in [0.15, 0.2) is 13.4 Å². The molecule has 1 aromatic heterocycles. The molecule has 0 spiro atoms. The molecule has 0 aliphatic carbocycles. The molecular weight excluding hydrogens is 511 g/mol. The Bertz CT molecular complexity index is 753. The molecule has 8 heteroatoms. The summed E-state index contributed by atoms with van der Waals surface area (Å²) in [5.74, 6) is 1.11. The van der Waals surface area contributed by atoms with Crippen molar-refractivity contribution >= 4 is 77.2 Å². The quantitative estimate of drug-likeness (QED) is 0.549. The molecule has 126 valence electrons. The number of aryl methyl sites for hydroxylation is 2. The molecule has 0 saturated carbocycles. The van der Waals surface area contributed by atoms with E-state index in [1.54, 1.807) is 0 Å². The van der Waals surface area contributed by atoms with Crippen molar-refractivity contribution in [3.05, 3.63) is 19.0 Å². The summed E-state index contributed by atoms with van der Waals surface area (Å²) in [7, 11) is 0. The summed E-state index contributed by atoms with van der Waals surface area (Å²) in [4.78, 5) is 7.38. The van der Waals surface area contributed by atoms with Crippen LogP contribution in [0.25, 0.3) is 11.0 Å². The average molecular weight is 530 g/mol. The number of hydrogen-bond donors (Lipinski definition) is 1. The Morgan fingerprint density at radius 3 is 2.39 bits per heavy atom. The summed E-state index contributed by atoms with van der Waals surface area (Å²) in [6.45, 7) is 3.04. The van der Waals surface area contributed by atoms with Gasteiger partial charge in [-0.05, 0) is 79.0 Å². The SMILES string of the molecule is Cl.NC1CCN(c2nc3c(Br)c(Br)c(Br)c4c3n2CCC4)CC1. The second kappa shape index (κ2) is 6.83. The molecule has 2 aromatic rings. The van der Waals surface area contributed by atoms with Crippen molar-refractivity contribution in [1.29, 1.82) is 0 Å². The molecule has 23 heavy (non-hydrogen) atoms. The number of anilines is 1. The molecule has 4 rings (SSSR count). The van der Waals surface area contributed by atoms with Crippen LogP contribution in [0.1, 0.15) is 24.8 Å². The van der Waals surface area contributed by atoms with Gasteiger partial charge in [0.05, 0.1) is 9.99 Å². The maximum atomic E-state index is 6.05. The highest BCUT2D eigenvalue weighted by Crippen LogP contribution is 2.44. The lowest BCUT2D eigenvalue weighted by molar-refractivity contribution is 0.487. The number of imidazole rings is 1. The zero-order valence-electron chi connectivity index (χ0n) is 12.5. The van der Waals surface area contributed by atoms with Gasteiger partial charge in [0.1, 0.15) is 5.52 Å². The molecule has 2 aliphatic heterocycles. The Morgan fingerprint density at radius 2 is 1.70 bits per heavy atom. The normalized spacial score (nSPS) is 18.3. The number of rotatable bonds is 1. The van der Waals surface area contributed by atoms with Gasteiger partial charge in [-0.3, -0.25) is 0 Å². The lowest BCUT2D eigenvalue weighted by atomic mass is 10.0.